The molecule has 10 nitrogen and oxygen atoms in total. The molecule has 1 aliphatic carbocycles. The molecule has 0 unspecified atom stereocenters. The molecule has 0 saturated carbocycles. The molecule has 0 amide bonds. The van der Waals surface area contributed by atoms with Gasteiger partial charge in [0.05, 0.1) is 28.2 Å². The largest absolute Gasteiger partial charge is 0.397 e. The lowest BCUT2D eigenvalue weighted by Crippen LogP contribution is -2.33. The number of fused-ring (bicyclic) bond motifs is 2. The molecule has 12 heteroatoms. The minimum absolute atomic E-state index is 0.0373. The van der Waals surface area contributed by atoms with Gasteiger partial charge in [-0.25, -0.2) is 12.7 Å². The summed E-state index contributed by atoms with van der Waals surface area (Å²) < 4.78 is 60.2. The smallest absolute Gasteiger partial charge is 0.296 e. The number of aliphatic hydroxyl groups excluding tert-OH is 1. The van der Waals surface area contributed by atoms with Gasteiger partial charge in [-0.1, -0.05) is 42.5 Å². The van der Waals surface area contributed by atoms with E-state index >= 15 is 0 Å². The van der Waals surface area contributed by atoms with Crippen molar-refractivity contribution < 1.29 is 36.1 Å². The normalized spacial score (nSPS) is 13.4. The maximum Gasteiger partial charge on any atom is 0.296 e. The summed E-state index contributed by atoms with van der Waals surface area (Å²) in [5.74, 6) is -3.00. The monoisotopic (exact) mass is 488 g/mol. The van der Waals surface area contributed by atoms with Crippen LogP contribution in [-0.2, 0) is 20.1 Å². The number of carbonyl (C=O) groups excluding carboxylic acids is 2. The Kier molecular flexibility index (Phi) is 5.33. The zero-order valence-electron chi connectivity index (χ0n) is 16.7. The van der Waals surface area contributed by atoms with E-state index < -0.39 is 65.0 Å². The van der Waals surface area contributed by atoms with Gasteiger partial charge in [0.1, 0.15) is 4.90 Å². The minimum atomic E-state index is -5.05. The first-order valence-electron chi connectivity index (χ1n) is 9.30. The van der Waals surface area contributed by atoms with Crippen molar-refractivity contribution in [2.24, 2.45) is 0 Å². The van der Waals surface area contributed by atoms with E-state index in [1.54, 1.807) is 6.07 Å². The molecule has 0 radical (unpaired) electrons. The van der Waals surface area contributed by atoms with Crippen LogP contribution in [0.4, 0.5) is 17.1 Å². The molecule has 0 aliphatic heterocycles. The Morgan fingerprint density at radius 1 is 0.818 bits per heavy atom. The van der Waals surface area contributed by atoms with Crippen molar-refractivity contribution in [3.8, 4) is 0 Å². The van der Waals surface area contributed by atoms with Gasteiger partial charge in [-0.15, -0.1) is 0 Å². The fourth-order valence-electron chi connectivity index (χ4n) is 3.72. The molecule has 4 N–H and O–H groups in total. The molecule has 1 aliphatic rings. The molecule has 0 saturated heterocycles. The Morgan fingerprint density at radius 3 is 1.85 bits per heavy atom. The zero-order valence-corrected chi connectivity index (χ0v) is 18.3. The van der Waals surface area contributed by atoms with Crippen LogP contribution in [0.5, 0.6) is 0 Å². The van der Waals surface area contributed by atoms with Gasteiger partial charge in [0, 0.05) is 11.1 Å². The van der Waals surface area contributed by atoms with Crippen molar-refractivity contribution in [2.45, 2.75) is 4.90 Å². The van der Waals surface area contributed by atoms with Crippen LogP contribution in [0, 0.1) is 0 Å². The molecule has 33 heavy (non-hydrogen) atoms. The summed E-state index contributed by atoms with van der Waals surface area (Å²) in [7, 11) is -9.63. The second-order valence-corrected chi connectivity index (χ2v) is 10.3. The van der Waals surface area contributed by atoms with Crippen LogP contribution in [0.15, 0.2) is 65.6 Å². The lowest BCUT2D eigenvalue weighted by molar-refractivity contribution is 0.0980. The van der Waals surface area contributed by atoms with Crippen molar-refractivity contribution >= 4 is 48.8 Å². The predicted octanol–water partition coefficient (Wildman–Crippen LogP) is 1.71. The van der Waals surface area contributed by atoms with Gasteiger partial charge in [-0.3, -0.25) is 14.1 Å². The molecule has 0 heterocycles. The number of aliphatic hydroxyl groups is 1. The van der Waals surface area contributed by atoms with E-state index in [1.807, 2.05) is 0 Å². The van der Waals surface area contributed by atoms with Gasteiger partial charge in [-0.2, -0.15) is 8.42 Å². The molecule has 0 atom stereocenters. The number of nitrogens with two attached hydrogens (primary N) is 1. The highest BCUT2D eigenvalue weighted by atomic mass is 32.2. The molecular formula is C21H16N2O8S2. The zero-order chi connectivity index (χ0) is 24.1. The molecule has 0 aromatic heterocycles. The number of hydrogen-bond donors (Lipinski definition) is 3. The van der Waals surface area contributed by atoms with Crippen LogP contribution in [0.25, 0.3) is 0 Å². The summed E-state index contributed by atoms with van der Waals surface area (Å²) in [6.07, 6.45) is 0. The van der Waals surface area contributed by atoms with E-state index in [2.05, 4.69) is 0 Å². The molecule has 170 valence electrons. The molecule has 3 aromatic rings. The van der Waals surface area contributed by atoms with Crippen molar-refractivity contribution in [1.82, 2.24) is 0 Å². The summed E-state index contributed by atoms with van der Waals surface area (Å²) in [6, 6.07) is 13.6. The summed E-state index contributed by atoms with van der Waals surface area (Å²) in [6.45, 7) is 0. The van der Waals surface area contributed by atoms with Crippen LogP contribution in [0.1, 0.15) is 31.8 Å². The van der Waals surface area contributed by atoms with Gasteiger partial charge in [-0.05, 0) is 18.2 Å². The highest BCUT2D eigenvalue weighted by molar-refractivity contribution is 7.93. The standard InChI is InChI=1S/C21H16N2O8S2/c22-19-16(33(29,30)31)10-15(23(32(27,28)11-24)12-6-2-1-3-7-12)17-18(19)21(26)14-9-5-4-8-13(14)20(17)25/h1-10,24H,11,22H2,(H,29,30,31). The van der Waals surface area contributed by atoms with E-state index in [4.69, 9.17) is 5.73 Å². The fourth-order valence-corrected chi connectivity index (χ4v) is 5.36. The number of nitrogen functional groups attached to an aromatic ring is 1. The minimum Gasteiger partial charge on any atom is -0.397 e. The van der Waals surface area contributed by atoms with Crippen molar-refractivity contribution in [2.75, 3.05) is 16.0 Å². The highest BCUT2D eigenvalue weighted by Gasteiger charge is 2.39. The number of hydrogen-bond acceptors (Lipinski definition) is 8. The first-order chi connectivity index (χ1) is 15.5. The maximum absolute atomic E-state index is 13.4. The average Bonchev–Trinajstić information content (AvgIpc) is 2.78. The first-order valence-corrected chi connectivity index (χ1v) is 12.3. The molecular weight excluding hydrogens is 472 g/mol. The van der Waals surface area contributed by atoms with Crippen molar-refractivity contribution in [3.63, 3.8) is 0 Å². The van der Waals surface area contributed by atoms with Crippen LogP contribution in [-0.4, -0.2) is 44.0 Å². The van der Waals surface area contributed by atoms with Crippen LogP contribution < -0.4 is 10.0 Å². The van der Waals surface area contributed by atoms with E-state index in [0.29, 0.717) is 10.4 Å². The lowest BCUT2D eigenvalue weighted by Gasteiger charge is -2.29. The van der Waals surface area contributed by atoms with Gasteiger partial charge in [0.25, 0.3) is 20.1 Å². The van der Waals surface area contributed by atoms with Crippen LogP contribution >= 0.6 is 0 Å². The predicted molar refractivity (Wildman–Crippen MR) is 119 cm³/mol. The number of sulfonamides is 1. The Hall–Kier alpha value is -3.58. The Balaban J connectivity index is 2.20. The molecule has 0 fully saturated rings. The Morgan fingerprint density at radius 2 is 1.33 bits per heavy atom. The number of para-hydroxylation sites is 1. The third-order valence-electron chi connectivity index (χ3n) is 5.11. The fraction of sp³-hybridized carbons (Fsp3) is 0.0476. The van der Waals surface area contributed by atoms with Gasteiger partial charge >= 0.3 is 0 Å². The summed E-state index contributed by atoms with van der Waals surface area (Å²) in [5.41, 5.74) is 3.49. The van der Waals surface area contributed by atoms with E-state index in [1.165, 1.54) is 48.5 Å². The van der Waals surface area contributed by atoms with Gasteiger partial charge in [0.15, 0.2) is 17.5 Å². The second kappa shape index (κ2) is 7.78. The van der Waals surface area contributed by atoms with Crippen molar-refractivity contribution in [1.29, 1.82) is 0 Å². The summed E-state index contributed by atoms with van der Waals surface area (Å²) in [5, 5.41) is 9.58. The topological polar surface area (TPSA) is 172 Å². The number of rotatable bonds is 5. The van der Waals surface area contributed by atoms with E-state index in [-0.39, 0.29) is 16.8 Å². The molecule has 4 rings (SSSR count). The first kappa shape index (κ1) is 22.6. The van der Waals surface area contributed by atoms with Gasteiger partial charge < -0.3 is 10.8 Å². The third kappa shape index (κ3) is 3.58. The number of benzene rings is 3. The number of ketones is 2. The van der Waals surface area contributed by atoms with E-state index in [9.17, 15) is 36.1 Å². The number of carbonyl (C=O) groups is 2. The highest BCUT2D eigenvalue weighted by Crippen LogP contribution is 2.43. The van der Waals surface area contributed by atoms with Crippen molar-refractivity contribution in [3.05, 3.63) is 82.9 Å². The molecule has 0 bridgehead atoms. The maximum atomic E-state index is 13.4. The second-order valence-electron chi connectivity index (χ2n) is 7.08. The lowest BCUT2D eigenvalue weighted by atomic mass is 9.82. The number of anilines is 3. The Bertz CT molecular complexity index is 1530. The molecule has 3 aromatic carbocycles. The van der Waals surface area contributed by atoms with Crippen LogP contribution in [0.3, 0.4) is 0 Å². The number of nitrogens with zero attached hydrogens (tertiary/aromatic N) is 1. The van der Waals surface area contributed by atoms with Gasteiger partial charge in [0.2, 0.25) is 0 Å². The molecule has 0 spiro atoms. The van der Waals surface area contributed by atoms with Crippen LogP contribution in [0.2, 0.25) is 0 Å². The quantitative estimate of drug-likeness (QED) is 0.279. The SMILES string of the molecule is Nc1c(S(=O)(=O)O)cc(N(c2ccccc2)S(=O)(=O)CO)c2c1C(=O)c1ccccc1C2=O. The van der Waals surface area contributed by atoms with E-state index in [0.717, 1.165) is 0 Å². The summed E-state index contributed by atoms with van der Waals surface area (Å²) in [4.78, 5) is 25.7. The summed E-state index contributed by atoms with van der Waals surface area (Å²) >= 11 is 0. The third-order valence-corrected chi connectivity index (χ3v) is 7.29. The Labute approximate surface area is 188 Å². The average molecular weight is 488 g/mol.